The molecule has 0 bridgehead atoms. The second kappa shape index (κ2) is 8.38. The molecule has 1 atom stereocenters. The van der Waals surface area contributed by atoms with E-state index in [0.29, 0.717) is 10.8 Å². The highest BCUT2D eigenvalue weighted by Gasteiger charge is 2.19. The van der Waals surface area contributed by atoms with Crippen LogP contribution in [0.1, 0.15) is 64.9 Å². The van der Waals surface area contributed by atoms with Gasteiger partial charge in [0.25, 0.3) is 0 Å². The molecule has 0 saturated heterocycles. The van der Waals surface area contributed by atoms with Gasteiger partial charge in [-0.15, -0.1) is 0 Å². The molecule has 1 rings (SSSR count). The predicted octanol–water partition coefficient (Wildman–Crippen LogP) is 5.11. The average Bonchev–Trinajstić information content (AvgIpc) is 2.46. The standard InChI is InChI=1S/C18H28O2S/c1-5-7-8-10-16(9-6-2)17-11-13-18(14-12-17)21(19,20)15(3)4/h7-8,11-16H,5-6,9-10H2,1-4H3/b8-7-. The summed E-state index contributed by atoms with van der Waals surface area (Å²) in [6.07, 6.45) is 8.78. The fourth-order valence-corrected chi connectivity index (χ4v) is 3.46. The smallest absolute Gasteiger partial charge is 0.180 e. The van der Waals surface area contributed by atoms with Crippen molar-refractivity contribution in [3.63, 3.8) is 0 Å². The predicted molar refractivity (Wildman–Crippen MR) is 90.5 cm³/mol. The van der Waals surface area contributed by atoms with Crippen LogP contribution in [0.4, 0.5) is 0 Å². The number of rotatable bonds is 8. The zero-order valence-electron chi connectivity index (χ0n) is 13.7. The first-order chi connectivity index (χ1) is 9.93. The normalized spacial score (nSPS) is 14.0. The maximum absolute atomic E-state index is 12.1. The van der Waals surface area contributed by atoms with E-state index >= 15 is 0 Å². The van der Waals surface area contributed by atoms with Crippen LogP contribution in [0.5, 0.6) is 0 Å². The molecule has 1 aromatic rings. The molecule has 0 heterocycles. The molecule has 0 aliphatic heterocycles. The van der Waals surface area contributed by atoms with E-state index in [2.05, 4.69) is 26.0 Å². The number of benzene rings is 1. The van der Waals surface area contributed by atoms with Crippen molar-refractivity contribution in [2.45, 2.75) is 69.4 Å². The summed E-state index contributed by atoms with van der Waals surface area (Å²) in [5.41, 5.74) is 1.24. The molecule has 0 aromatic heterocycles. The van der Waals surface area contributed by atoms with E-state index in [1.165, 1.54) is 5.56 Å². The van der Waals surface area contributed by atoms with Gasteiger partial charge in [0.05, 0.1) is 10.1 Å². The van der Waals surface area contributed by atoms with Crippen LogP contribution in [0.3, 0.4) is 0 Å². The molecule has 0 amide bonds. The third-order valence-electron chi connectivity index (χ3n) is 3.76. The Labute approximate surface area is 130 Å². The van der Waals surface area contributed by atoms with Crippen LogP contribution in [-0.4, -0.2) is 13.7 Å². The second-order valence-electron chi connectivity index (χ2n) is 5.76. The van der Waals surface area contributed by atoms with Crippen molar-refractivity contribution in [3.8, 4) is 0 Å². The Morgan fingerprint density at radius 3 is 2.14 bits per heavy atom. The third-order valence-corrected chi connectivity index (χ3v) is 5.93. The molecule has 0 radical (unpaired) electrons. The van der Waals surface area contributed by atoms with Gasteiger partial charge in [0.1, 0.15) is 0 Å². The van der Waals surface area contributed by atoms with Crippen molar-refractivity contribution in [3.05, 3.63) is 42.0 Å². The SMILES string of the molecule is CC/C=C\CC(CCC)c1ccc(S(=O)(=O)C(C)C)cc1. The lowest BCUT2D eigenvalue weighted by atomic mass is 9.91. The van der Waals surface area contributed by atoms with Gasteiger partial charge in [-0.2, -0.15) is 0 Å². The topological polar surface area (TPSA) is 34.1 Å². The Morgan fingerprint density at radius 2 is 1.67 bits per heavy atom. The van der Waals surface area contributed by atoms with Crippen molar-refractivity contribution in [2.75, 3.05) is 0 Å². The second-order valence-corrected chi connectivity index (χ2v) is 8.27. The van der Waals surface area contributed by atoms with Crippen molar-refractivity contribution >= 4 is 9.84 Å². The number of allylic oxidation sites excluding steroid dienone is 2. The fourth-order valence-electron chi connectivity index (χ4n) is 2.40. The molecule has 118 valence electrons. The van der Waals surface area contributed by atoms with E-state index in [-0.39, 0.29) is 5.25 Å². The minimum atomic E-state index is -3.17. The molecule has 0 N–H and O–H groups in total. The Kier molecular flexibility index (Phi) is 7.16. The monoisotopic (exact) mass is 308 g/mol. The molecule has 1 aromatic carbocycles. The first kappa shape index (κ1) is 18.0. The zero-order valence-corrected chi connectivity index (χ0v) is 14.5. The molecule has 2 nitrogen and oxygen atoms in total. The summed E-state index contributed by atoms with van der Waals surface area (Å²) in [4.78, 5) is 0.431. The van der Waals surface area contributed by atoms with E-state index in [0.717, 1.165) is 25.7 Å². The highest BCUT2D eigenvalue weighted by Crippen LogP contribution is 2.27. The third kappa shape index (κ3) is 4.99. The molecule has 3 heteroatoms. The number of sulfone groups is 1. The van der Waals surface area contributed by atoms with E-state index in [1.54, 1.807) is 26.0 Å². The number of hydrogen-bond acceptors (Lipinski definition) is 2. The lowest BCUT2D eigenvalue weighted by Crippen LogP contribution is -2.14. The van der Waals surface area contributed by atoms with Crippen LogP contribution >= 0.6 is 0 Å². The Bertz CT molecular complexity index is 539. The minimum Gasteiger partial charge on any atom is -0.223 e. The summed E-state index contributed by atoms with van der Waals surface area (Å²) in [6.45, 7) is 7.77. The van der Waals surface area contributed by atoms with Gasteiger partial charge in [0, 0.05) is 0 Å². The number of hydrogen-bond donors (Lipinski definition) is 0. The molecule has 0 aliphatic carbocycles. The van der Waals surface area contributed by atoms with Crippen LogP contribution in [0.15, 0.2) is 41.3 Å². The summed E-state index contributed by atoms with van der Waals surface area (Å²) in [5, 5.41) is -0.373. The maximum atomic E-state index is 12.1. The van der Waals surface area contributed by atoms with Crippen LogP contribution < -0.4 is 0 Å². The molecular formula is C18H28O2S. The molecule has 0 fully saturated rings. The summed E-state index contributed by atoms with van der Waals surface area (Å²) < 4.78 is 24.3. The zero-order chi connectivity index (χ0) is 15.9. The van der Waals surface area contributed by atoms with E-state index in [1.807, 2.05) is 12.1 Å². The van der Waals surface area contributed by atoms with Crippen molar-refractivity contribution < 1.29 is 8.42 Å². The molecule has 1 unspecified atom stereocenters. The highest BCUT2D eigenvalue weighted by molar-refractivity contribution is 7.92. The van der Waals surface area contributed by atoms with Crippen LogP contribution in [0, 0.1) is 0 Å². The van der Waals surface area contributed by atoms with Gasteiger partial charge in [-0.05, 0) is 56.7 Å². The van der Waals surface area contributed by atoms with Crippen LogP contribution in [0.2, 0.25) is 0 Å². The van der Waals surface area contributed by atoms with Crippen molar-refractivity contribution in [2.24, 2.45) is 0 Å². The van der Waals surface area contributed by atoms with Gasteiger partial charge in [0.2, 0.25) is 0 Å². The van der Waals surface area contributed by atoms with E-state index < -0.39 is 9.84 Å². The first-order valence-electron chi connectivity index (χ1n) is 7.92. The van der Waals surface area contributed by atoms with E-state index in [4.69, 9.17) is 0 Å². The largest absolute Gasteiger partial charge is 0.223 e. The summed E-state index contributed by atoms with van der Waals surface area (Å²) in [7, 11) is -3.17. The van der Waals surface area contributed by atoms with Crippen LogP contribution in [-0.2, 0) is 9.84 Å². The fraction of sp³-hybridized carbons (Fsp3) is 0.556. The molecular weight excluding hydrogens is 280 g/mol. The molecule has 0 saturated carbocycles. The van der Waals surface area contributed by atoms with Crippen molar-refractivity contribution in [1.82, 2.24) is 0 Å². The first-order valence-corrected chi connectivity index (χ1v) is 9.46. The maximum Gasteiger partial charge on any atom is 0.180 e. The lowest BCUT2D eigenvalue weighted by molar-refractivity contribution is 0.587. The molecule has 0 spiro atoms. The summed E-state index contributed by atoms with van der Waals surface area (Å²) in [5.74, 6) is 0.480. The van der Waals surface area contributed by atoms with E-state index in [9.17, 15) is 8.42 Å². The van der Waals surface area contributed by atoms with Gasteiger partial charge in [-0.3, -0.25) is 0 Å². The van der Waals surface area contributed by atoms with Crippen molar-refractivity contribution in [1.29, 1.82) is 0 Å². The van der Waals surface area contributed by atoms with Gasteiger partial charge < -0.3 is 0 Å². The average molecular weight is 308 g/mol. The minimum absolute atomic E-state index is 0.373. The Hall–Kier alpha value is -1.09. The molecule has 21 heavy (non-hydrogen) atoms. The van der Waals surface area contributed by atoms with Gasteiger partial charge in [-0.1, -0.05) is 44.6 Å². The summed E-state index contributed by atoms with van der Waals surface area (Å²) in [6, 6.07) is 7.48. The molecule has 0 aliphatic rings. The van der Waals surface area contributed by atoms with Gasteiger partial charge in [0.15, 0.2) is 9.84 Å². The quantitative estimate of drug-likeness (QED) is 0.625. The van der Waals surface area contributed by atoms with Crippen LogP contribution in [0.25, 0.3) is 0 Å². The summed E-state index contributed by atoms with van der Waals surface area (Å²) >= 11 is 0. The lowest BCUT2D eigenvalue weighted by Gasteiger charge is -2.16. The Balaban J connectivity index is 2.95. The highest BCUT2D eigenvalue weighted by atomic mass is 32.2. The van der Waals surface area contributed by atoms with Gasteiger partial charge in [-0.25, -0.2) is 8.42 Å². The van der Waals surface area contributed by atoms with Gasteiger partial charge >= 0.3 is 0 Å². The Morgan fingerprint density at radius 1 is 1.05 bits per heavy atom.